The fourth-order valence-corrected chi connectivity index (χ4v) is 3.45. The van der Waals surface area contributed by atoms with Gasteiger partial charge in [0.05, 0.1) is 5.54 Å². The molecule has 0 radical (unpaired) electrons. The van der Waals surface area contributed by atoms with Gasteiger partial charge >= 0.3 is 7.12 Å². The predicted octanol–water partition coefficient (Wildman–Crippen LogP) is 2.14. The van der Waals surface area contributed by atoms with Crippen LogP contribution in [0.2, 0.25) is 0 Å². The van der Waals surface area contributed by atoms with Crippen LogP contribution in [-0.2, 0) is 0 Å². The van der Waals surface area contributed by atoms with Gasteiger partial charge in [-0.15, -0.1) is 0 Å². The van der Waals surface area contributed by atoms with E-state index in [-0.39, 0.29) is 0 Å². The van der Waals surface area contributed by atoms with E-state index in [4.69, 9.17) is 10.0 Å². The Morgan fingerprint density at radius 2 is 1.62 bits per heavy atom. The van der Waals surface area contributed by atoms with Crippen LogP contribution >= 0.6 is 22.6 Å². The summed E-state index contributed by atoms with van der Waals surface area (Å²) in [5.74, 6) is -4.28. The average Bonchev–Trinajstić information content (AvgIpc) is 2.56. The van der Waals surface area contributed by atoms with Gasteiger partial charge in [0.25, 0.3) is 11.8 Å². The lowest BCUT2D eigenvalue weighted by atomic mass is 9.79. The SMILES string of the molecule is Cc1cc(I)cc(C(=O)N(NC(=O)c2c(F)cc(B(O)O)cc2F)C(C)(C)C)c1. The van der Waals surface area contributed by atoms with Gasteiger partial charge in [0.15, 0.2) is 0 Å². The predicted molar refractivity (Wildman–Crippen MR) is 113 cm³/mol. The van der Waals surface area contributed by atoms with Crippen LogP contribution in [-0.4, -0.2) is 39.5 Å². The summed E-state index contributed by atoms with van der Waals surface area (Å²) in [6, 6.07) is 6.45. The number of benzene rings is 2. The summed E-state index contributed by atoms with van der Waals surface area (Å²) in [5.41, 5.74) is 1.15. The number of amides is 2. The molecule has 0 spiro atoms. The lowest BCUT2D eigenvalue weighted by Gasteiger charge is -2.35. The second-order valence-electron chi connectivity index (χ2n) is 7.50. The molecule has 0 fully saturated rings. The minimum atomic E-state index is -2.09. The van der Waals surface area contributed by atoms with Gasteiger partial charge in [-0.2, -0.15) is 0 Å². The molecule has 2 amide bonds. The summed E-state index contributed by atoms with van der Waals surface area (Å²) in [5, 5.41) is 19.1. The highest BCUT2D eigenvalue weighted by Gasteiger charge is 2.32. The molecule has 0 saturated heterocycles. The standard InChI is InChI=1S/C19H20BF2IN2O4/c1-10-5-11(7-13(23)6-10)18(27)25(19(2,3)4)24-17(26)16-14(21)8-12(20(28)29)9-15(16)22/h5-9,28-29H,1-4H3,(H,24,26). The molecule has 0 aromatic heterocycles. The smallest absolute Gasteiger partial charge is 0.423 e. The number of nitrogens with zero attached hydrogens (tertiary/aromatic N) is 1. The van der Waals surface area contributed by atoms with E-state index in [0.29, 0.717) is 17.7 Å². The number of halogens is 3. The fraction of sp³-hybridized carbons (Fsp3) is 0.263. The highest BCUT2D eigenvalue weighted by molar-refractivity contribution is 14.1. The molecule has 0 unspecified atom stereocenters. The maximum absolute atomic E-state index is 14.3. The maximum Gasteiger partial charge on any atom is 0.488 e. The highest BCUT2D eigenvalue weighted by Crippen LogP contribution is 2.20. The zero-order chi connectivity index (χ0) is 22.1. The lowest BCUT2D eigenvalue weighted by Crippen LogP contribution is -2.56. The average molecular weight is 516 g/mol. The van der Waals surface area contributed by atoms with E-state index in [1.807, 2.05) is 13.0 Å². The zero-order valence-electron chi connectivity index (χ0n) is 16.3. The first kappa shape index (κ1) is 23.2. The van der Waals surface area contributed by atoms with Crippen molar-refractivity contribution in [1.29, 1.82) is 0 Å². The van der Waals surface area contributed by atoms with Crippen LogP contribution < -0.4 is 10.9 Å². The first-order valence-electron chi connectivity index (χ1n) is 8.59. The Kier molecular flexibility index (Phi) is 7.02. The Balaban J connectivity index is 2.41. The zero-order valence-corrected chi connectivity index (χ0v) is 18.4. The Labute approximate surface area is 181 Å². The maximum atomic E-state index is 14.3. The molecule has 10 heteroatoms. The summed E-state index contributed by atoms with van der Waals surface area (Å²) >= 11 is 2.06. The number of hydrogen-bond acceptors (Lipinski definition) is 4. The molecule has 0 heterocycles. The van der Waals surface area contributed by atoms with Crippen LogP contribution in [0, 0.1) is 22.1 Å². The Morgan fingerprint density at radius 1 is 1.07 bits per heavy atom. The van der Waals surface area contributed by atoms with E-state index in [1.165, 1.54) is 0 Å². The van der Waals surface area contributed by atoms with Crippen molar-refractivity contribution < 1.29 is 28.4 Å². The van der Waals surface area contributed by atoms with Crippen LogP contribution in [0.3, 0.4) is 0 Å². The van der Waals surface area contributed by atoms with Crippen molar-refractivity contribution in [1.82, 2.24) is 10.4 Å². The van der Waals surface area contributed by atoms with Gasteiger partial charge in [0, 0.05) is 9.13 Å². The summed E-state index contributed by atoms with van der Waals surface area (Å²) < 4.78 is 29.4. The third-order valence-electron chi connectivity index (χ3n) is 3.97. The van der Waals surface area contributed by atoms with Crippen molar-refractivity contribution in [2.45, 2.75) is 33.2 Å². The molecule has 0 aliphatic rings. The van der Waals surface area contributed by atoms with Gasteiger partial charge in [0.1, 0.15) is 17.2 Å². The molecule has 0 atom stereocenters. The van der Waals surface area contributed by atoms with Gasteiger partial charge in [-0.05, 0) is 91.6 Å². The van der Waals surface area contributed by atoms with Crippen molar-refractivity contribution in [3.8, 4) is 0 Å². The summed E-state index contributed by atoms with van der Waals surface area (Å²) in [6.45, 7) is 6.79. The minimum Gasteiger partial charge on any atom is -0.423 e. The Bertz CT molecular complexity index is 920. The molecule has 0 saturated carbocycles. The molecule has 0 aliphatic heterocycles. The first-order valence-corrected chi connectivity index (χ1v) is 9.67. The van der Waals surface area contributed by atoms with Crippen LogP contribution in [0.1, 0.15) is 47.1 Å². The first-order chi connectivity index (χ1) is 13.3. The highest BCUT2D eigenvalue weighted by atomic mass is 127. The number of carbonyl (C=O) groups is 2. The van der Waals surface area contributed by atoms with E-state index >= 15 is 0 Å². The van der Waals surface area contributed by atoms with Crippen LogP contribution in [0.25, 0.3) is 0 Å². The third kappa shape index (κ3) is 5.52. The second-order valence-corrected chi connectivity index (χ2v) is 8.75. The second kappa shape index (κ2) is 8.76. The number of hydrogen-bond donors (Lipinski definition) is 3. The topological polar surface area (TPSA) is 89.9 Å². The van der Waals surface area contributed by atoms with Gasteiger partial charge in [-0.1, -0.05) is 0 Å². The van der Waals surface area contributed by atoms with Crippen molar-refractivity contribution in [3.63, 3.8) is 0 Å². The molecule has 29 heavy (non-hydrogen) atoms. The number of carbonyl (C=O) groups excluding carboxylic acids is 2. The fourth-order valence-electron chi connectivity index (χ4n) is 2.63. The van der Waals surface area contributed by atoms with Crippen LogP contribution in [0.4, 0.5) is 8.78 Å². The van der Waals surface area contributed by atoms with Crippen molar-refractivity contribution in [2.24, 2.45) is 0 Å². The summed E-state index contributed by atoms with van der Waals surface area (Å²) in [7, 11) is -2.09. The quantitative estimate of drug-likeness (QED) is 0.332. The van der Waals surface area contributed by atoms with E-state index in [1.54, 1.807) is 32.9 Å². The van der Waals surface area contributed by atoms with E-state index in [0.717, 1.165) is 14.1 Å². The van der Waals surface area contributed by atoms with Crippen LogP contribution in [0.15, 0.2) is 30.3 Å². The van der Waals surface area contributed by atoms with Crippen molar-refractivity contribution >= 4 is 47.0 Å². The molecule has 2 aromatic carbocycles. The monoisotopic (exact) mass is 516 g/mol. The van der Waals surface area contributed by atoms with Crippen LogP contribution in [0.5, 0.6) is 0 Å². The molecular formula is C19H20BF2IN2O4. The van der Waals surface area contributed by atoms with Gasteiger partial charge in [-0.25, -0.2) is 13.8 Å². The summed E-state index contributed by atoms with van der Waals surface area (Å²) in [4.78, 5) is 25.6. The molecule has 6 nitrogen and oxygen atoms in total. The number of hydrazine groups is 1. The molecular weight excluding hydrogens is 496 g/mol. The summed E-state index contributed by atoms with van der Waals surface area (Å²) in [6.07, 6.45) is 0. The molecule has 0 aliphatic carbocycles. The molecule has 154 valence electrons. The Morgan fingerprint density at radius 3 is 2.07 bits per heavy atom. The molecule has 2 rings (SSSR count). The van der Waals surface area contributed by atoms with Gasteiger partial charge in [-0.3, -0.25) is 15.0 Å². The number of nitrogens with one attached hydrogen (secondary N) is 1. The van der Waals surface area contributed by atoms with E-state index in [9.17, 15) is 18.4 Å². The van der Waals surface area contributed by atoms with Gasteiger partial charge < -0.3 is 10.0 Å². The minimum absolute atomic E-state index is 0.310. The van der Waals surface area contributed by atoms with Gasteiger partial charge in [0.2, 0.25) is 0 Å². The van der Waals surface area contributed by atoms with Crippen molar-refractivity contribution in [3.05, 3.63) is 62.2 Å². The molecule has 3 N–H and O–H groups in total. The molecule has 0 bridgehead atoms. The Hall–Kier alpha value is -2.05. The number of rotatable bonds is 3. The van der Waals surface area contributed by atoms with E-state index < -0.39 is 47.1 Å². The third-order valence-corrected chi connectivity index (χ3v) is 4.59. The number of aryl methyl sites for hydroxylation is 1. The largest absolute Gasteiger partial charge is 0.488 e. The molecule has 2 aromatic rings. The van der Waals surface area contributed by atoms with E-state index in [2.05, 4.69) is 28.0 Å². The van der Waals surface area contributed by atoms with Crippen molar-refractivity contribution in [2.75, 3.05) is 0 Å². The normalized spacial score (nSPS) is 11.2. The lowest BCUT2D eigenvalue weighted by molar-refractivity contribution is 0.0355.